The molecule has 2 atom stereocenters. The lowest BCUT2D eigenvalue weighted by atomic mass is 10.2. The van der Waals surface area contributed by atoms with Crippen LogP contribution in [-0.4, -0.2) is 69.6 Å². The molecular formula is C11H23N3O3S. The van der Waals surface area contributed by atoms with Gasteiger partial charge in [-0.1, -0.05) is 6.92 Å². The van der Waals surface area contributed by atoms with Crippen LogP contribution in [0.2, 0.25) is 0 Å². The van der Waals surface area contributed by atoms with Gasteiger partial charge in [-0.15, -0.1) is 0 Å². The van der Waals surface area contributed by atoms with Crippen LogP contribution in [0.25, 0.3) is 0 Å². The molecule has 2 fully saturated rings. The highest BCUT2D eigenvalue weighted by atomic mass is 32.2. The topological polar surface area (TPSA) is 61.9 Å². The van der Waals surface area contributed by atoms with Crippen LogP contribution in [0.4, 0.5) is 0 Å². The molecule has 0 spiro atoms. The maximum absolute atomic E-state index is 12.2. The van der Waals surface area contributed by atoms with Gasteiger partial charge in [-0.25, -0.2) is 0 Å². The predicted octanol–water partition coefficient (Wildman–Crippen LogP) is -0.364. The summed E-state index contributed by atoms with van der Waals surface area (Å²) in [5.41, 5.74) is 0. The summed E-state index contributed by atoms with van der Waals surface area (Å²) in [6.45, 7) is 5.78. The second-order valence-electron chi connectivity index (χ2n) is 4.96. The lowest BCUT2D eigenvalue weighted by molar-refractivity contribution is 0.0950. The number of nitrogens with one attached hydrogen (secondary N) is 1. The summed E-state index contributed by atoms with van der Waals surface area (Å²) < 4.78 is 34.1. The van der Waals surface area contributed by atoms with Crippen molar-refractivity contribution in [2.24, 2.45) is 0 Å². The number of likely N-dealkylation sites (N-methyl/N-ethyl adjacent to an activating group) is 1. The number of likely N-dealkylation sites (tertiary alicyclic amines) is 1. The second-order valence-corrected chi connectivity index (χ2v) is 6.66. The molecule has 0 radical (unpaired) electrons. The quantitative estimate of drug-likeness (QED) is 0.745. The molecule has 2 saturated heterocycles. The first-order valence-electron chi connectivity index (χ1n) is 6.59. The lowest BCUT2D eigenvalue weighted by Gasteiger charge is -2.22. The van der Waals surface area contributed by atoms with Crippen LogP contribution < -0.4 is 4.72 Å². The average Bonchev–Trinajstić information content (AvgIpc) is 2.97. The largest absolute Gasteiger partial charge is 0.378 e. The van der Waals surface area contributed by atoms with E-state index in [-0.39, 0.29) is 12.1 Å². The van der Waals surface area contributed by atoms with E-state index in [1.165, 1.54) is 4.31 Å². The summed E-state index contributed by atoms with van der Waals surface area (Å²) in [5.74, 6) is 0. The van der Waals surface area contributed by atoms with Crippen LogP contribution in [0.15, 0.2) is 0 Å². The summed E-state index contributed by atoms with van der Waals surface area (Å²) in [6, 6.07) is -0.138. The zero-order valence-corrected chi connectivity index (χ0v) is 11.9. The molecule has 1 N–H and O–H groups in total. The van der Waals surface area contributed by atoms with Gasteiger partial charge in [0.15, 0.2) is 0 Å². The maximum Gasteiger partial charge on any atom is 0.279 e. The molecule has 106 valence electrons. The Labute approximate surface area is 109 Å². The van der Waals surface area contributed by atoms with Gasteiger partial charge in [0, 0.05) is 33.3 Å². The summed E-state index contributed by atoms with van der Waals surface area (Å²) in [7, 11) is -1.70. The molecule has 0 aliphatic carbocycles. The van der Waals surface area contributed by atoms with Gasteiger partial charge in [-0.2, -0.15) is 17.4 Å². The Morgan fingerprint density at radius 2 is 1.94 bits per heavy atom. The van der Waals surface area contributed by atoms with Crippen molar-refractivity contribution in [1.29, 1.82) is 0 Å². The molecule has 2 aliphatic heterocycles. The van der Waals surface area contributed by atoms with Crippen LogP contribution in [0, 0.1) is 0 Å². The van der Waals surface area contributed by atoms with Crippen molar-refractivity contribution >= 4 is 10.2 Å². The Morgan fingerprint density at radius 1 is 1.28 bits per heavy atom. The standard InChI is InChI=1S/C11H23N3O3S/c1-3-13-8-10(11(9-13)17-2)12-18(15,16)14-6-4-5-7-14/h10-12H,3-9H2,1-2H3/t10-,11-/m0/s1. The molecule has 0 unspecified atom stereocenters. The number of rotatable bonds is 5. The highest BCUT2D eigenvalue weighted by Gasteiger charge is 2.37. The molecule has 6 nitrogen and oxygen atoms in total. The zero-order chi connectivity index (χ0) is 13.2. The Bertz CT molecular complexity index is 368. The van der Waals surface area contributed by atoms with Crippen LogP contribution in [0.3, 0.4) is 0 Å². The van der Waals surface area contributed by atoms with E-state index in [1.807, 2.05) is 0 Å². The van der Waals surface area contributed by atoms with Gasteiger partial charge in [0.05, 0.1) is 12.1 Å². The summed E-state index contributed by atoms with van der Waals surface area (Å²) >= 11 is 0. The molecule has 0 amide bonds. The Kier molecular flexibility index (Phi) is 4.60. The highest BCUT2D eigenvalue weighted by molar-refractivity contribution is 7.87. The number of hydrogen-bond donors (Lipinski definition) is 1. The molecule has 2 rings (SSSR count). The van der Waals surface area contributed by atoms with Crippen molar-refractivity contribution in [2.75, 3.05) is 39.8 Å². The van der Waals surface area contributed by atoms with Crippen LogP contribution in [0.1, 0.15) is 19.8 Å². The Morgan fingerprint density at radius 3 is 2.50 bits per heavy atom. The molecule has 0 aromatic rings. The van der Waals surface area contributed by atoms with Gasteiger partial charge >= 0.3 is 0 Å². The monoisotopic (exact) mass is 277 g/mol. The van der Waals surface area contributed by atoms with E-state index in [4.69, 9.17) is 4.74 Å². The van der Waals surface area contributed by atoms with E-state index in [1.54, 1.807) is 7.11 Å². The van der Waals surface area contributed by atoms with E-state index in [2.05, 4.69) is 16.5 Å². The molecule has 18 heavy (non-hydrogen) atoms. The Balaban J connectivity index is 1.99. The molecule has 0 aromatic heterocycles. The van der Waals surface area contributed by atoms with E-state index < -0.39 is 10.2 Å². The third-order valence-electron chi connectivity index (χ3n) is 3.80. The summed E-state index contributed by atoms with van der Waals surface area (Å²) in [6.07, 6.45) is 1.86. The Hall–Kier alpha value is -0.210. The first-order valence-corrected chi connectivity index (χ1v) is 8.03. The summed E-state index contributed by atoms with van der Waals surface area (Å²) in [4.78, 5) is 2.20. The molecule has 2 aliphatic rings. The fourth-order valence-electron chi connectivity index (χ4n) is 2.66. The third kappa shape index (κ3) is 3.03. The minimum absolute atomic E-state index is 0.0534. The normalized spacial score (nSPS) is 31.2. The molecule has 7 heteroatoms. The second kappa shape index (κ2) is 5.83. The first kappa shape index (κ1) is 14.2. The molecule has 0 saturated carbocycles. The molecule has 2 heterocycles. The first-order chi connectivity index (χ1) is 8.56. The molecular weight excluding hydrogens is 254 g/mol. The zero-order valence-electron chi connectivity index (χ0n) is 11.1. The van der Waals surface area contributed by atoms with Gasteiger partial charge in [0.2, 0.25) is 0 Å². The fraction of sp³-hybridized carbons (Fsp3) is 1.00. The van der Waals surface area contributed by atoms with Crippen molar-refractivity contribution < 1.29 is 13.2 Å². The van der Waals surface area contributed by atoms with Crippen molar-refractivity contribution in [2.45, 2.75) is 31.9 Å². The van der Waals surface area contributed by atoms with Crippen molar-refractivity contribution in [3.63, 3.8) is 0 Å². The van der Waals surface area contributed by atoms with E-state index in [0.29, 0.717) is 13.1 Å². The van der Waals surface area contributed by atoms with Gasteiger partial charge in [-0.3, -0.25) is 4.90 Å². The number of nitrogens with zero attached hydrogens (tertiary/aromatic N) is 2. The predicted molar refractivity (Wildman–Crippen MR) is 69.6 cm³/mol. The van der Waals surface area contributed by atoms with E-state index >= 15 is 0 Å². The van der Waals surface area contributed by atoms with Gasteiger partial charge in [0.1, 0.15) is 0 Å². The minimum Gasteiger partial charge on any atom is -0.378 e. The third-order valence-corrected chi connectivity index (χ3v) is 5.44. The van der Waals surface area contributed by atoms with E-state index in [9.17, 15) is 8.42 Å². The van der Waals surface area contributed by atoms with Crippen molar-refractivity contribution in [1.82, 2.24) is 13.9 Å². The maximum atomic E-state index is 12.2. The van der Waals surface area contributed by atoms with E-state index in [0.717, 1.165) is 32.5 Å². The molecule has 0 aromatic carbocycles. The van der Waals surface area contributed by atoms with Gasteiger partial charge in [0.25, 0.3) is 10.2 Å². The smallest absolute Gasteiger partial charge is 0.279 e. The lowest BCUT2D eigenvalue weighted by Crippen LogP contribution is -2.49. The van der Waals surface area contributed by atoms with Gasteiger partial charge < -0.3 is 4.74 Å². The van der Waals surface area contributed by atoms with Crippen molar-refractivity contribution in [3.8, 4) is 0 Å². The SMILES string of the molecule is CCN1C[C@H](NS(=O)(=O)N2CCCC2)[C@@H](OC)C1. The van der Waals surface area contributed by atoms with Crippen LogP contribution in [0.5, 0.6) is 0 Å². The number of hydrogen-bond acceptors (Lipinski definition) is 4. The summed E-state index contributed by atoms with van der Waals surface area (Å²) in [5, 5.41) is 0. The van der Waals surface area contributed by atoms with Crippen molar-refractivity contribution in [3.05, 3.63) is 0 Å². The van der Waals surface area contributed by atoms with Crippen LogP contribution in [-0.2, 0) is 14.9 Å². The van der Waals surface area contributed by atoms with Gasteiger partial charge in [-0.05, 0) is 19.4 Å². The average molecular weight is 277 g/mol. The molecule has 0 bridgehead atoms. The minimum atomic E-state index is -3.34. The van der Waals surface area contributed by atoms with Crippen LogP contribution >= 0.6 is 0 Å². The number of methoxy groups -OCH3 is 1. The number of ether oxygens (including phenoxy) is 1. The fourth-order valence-corrected chi connectivity index (χ4v) is 4.15. The highest BCUT2D eigenvalue weighted by Crippen LogP contribution is 2.17.